The van der Waals surface area contributed by atoms with Crippen molar-refractivity contribution in [2.75, 3.05) is 0 Å². The van der Waals surface area contributed by atoms with Crippen molar-refractivity contribution in [2.45, 2.75) is 0 Å². The summed E-state index contributed by atoms with van der Waals surface area (Å²) in [6.45, 7) is 0. The van der Waals surface area contributed by atoms with E-state index in [1.807, 2.05) is 0 Å². The summed E-state index contributed by atoms with van der Waals surface area (Å²) in [6, 6.07) is 0. The molecule has 0 N–H and O–H groups in total. The largest absolute Gasteiger partial charge is 0 e. The first kappa shape index (κ1) is 9.20. The van der Waals surface area contributed by atoms with Crippen molar-refractivity contribution < 1.29 is 31.7 Å². The molecule has 0 aliphatic carbocycles. The van der Waals surface area contributed by atoms with E-state index in [4.69, 9.17) is 19.7 Å². The molecule has 0 atom stereocenters. The molecule has 0 spiro atoms. The molecule has 4 heteroatoms. The van der Waals surface area contributed by atoms with Crippen molar-refractivity contribution in [3.05, 3.63) is 0 Å². The summed E-state index contributed by atoms with van der Waals surface area (Å²) >= 11 is -0.368. The monoisotopic (exact) mass is 173 g/mol. The van der Waals surface area contributed by atoms with Crippen molar-refractivity contribution in [2.24, 2.45) is 0 Å². The Morgan fingerprint density at radius 1 is 1.25 bits per heavy atom. The summed E-state index contributed by atoms with van der Waals surface area (Å²) in [5.41, 5.74) is 0. The first-order valence-corrected chi connectivity index (χ1v) is 4.18. The number of halogens is 2. The van der Waals surface area contributed by atoms with Gasteiger partial charge in [-0.25, -0.2) is 0 Å². The van der Waals surface area contributed by atoms with Crippen LogP contribution in [-0.4, -0.2) is 0 Å². The van der Waals surface area contributed by atoms with Crippen molar-refractivity contribution in [3.63, 3.8) is 0 Å². The van der Waals surface area contributed by atoms with Gasteiger partial charge in [0, 0.05) is 17.4 Å². The van der Waals surface area contributed by atoms with Gasteiger partial charge in [0.15, 0.2) is 0 Å². The van der Waals surface area contributed by atoms with Gasteiger partial charge in [0.1, 0.15) is 0 Å². The topological polar surface area (TPSA) is 0 Å². The third kappa shape index (κ3) is 9.34. The fourth-order valence-electron chi connectivity index (χ4n) is 0. The Labute approximate surface area is 51.3 Å². The third-order valence-electron chi connectivity index (χ3n) is 0. The molecule has 0 unspecified atom stereocenters. The van der Waals surface area contributed by atoms with Crippen LogP contribution in [0.4, 0.5) is 0 Å². The van der Waals surface area contributed by atoms with Gasteiger partial charge < -0.3 is 0 Å². The van der Waals surface area contributed by atoms with Crippen molar-refractivity contribution in [1.29, 1.82) is 0 Å². The smallest absolute Gasteiger partial charge is 0 e. The average molecular weight is 174 g/mol. The predicted octanol–water partition coefficient (Wildman–Crippen LogP) is 1.37. The van der Waals surface area contributed by atoms with E-state index in [1.165, 1.54) is 0 Å². The Bertz CT molecular complexity index is 6.00. The second-order valence-electron chi connectivity index (χ2n) is 0.0639. The van der Waals surface area contributed by atoms with Crippen LogP contribution in [0.15, 0.2) is 0 Å². The van der Waals surface area contributed by atoms with Crippen LogP contribution < -0.4 is 0 Å². The molecule has 0 heterocycles. The van der Waals surface area contributed by atoms with E-state index in [1.54, 1.807) is 0 Å². The summed E-state index contributed by atoms with van der Waals surface area (Å²) in [5, 5.41) is 0. The first-order valence-electron chi connectivity index (χ1n) is 0.338. The predicted molar refractivity (Wildman–Crippen MR) is 11.7 cm³/mol. The van der Waals surface area contributed by atoms with Gasteiger partial charge >= 0.3 is 34.1 Å². The van der Waals surface area contributed by atoms with Gasteiger partial charge in [-0.15, -0.1) is 0 Å². The van der Waals surface area contributed by atoms with E-state index in [0.29, 0.717) is 0 Å². The van der Waals surface area contributed by atoms with Crippen molar-refractivity contribution in [3.8, 4) is 0 Å². The van der Waals surface area contributed by atoms with Gasteiger partial charge in [-0.2, -0.15) is 0 Å². The van der Waals surface area contributed by atoms with Crippen LogP contribution in [0.2, 0.25) is 0 Å². The molecular weight excluding hydrogens is 174 g/mol. The van der Waals surface area contributed by atoms with Gasteiger partial charge in [-0.05, 0) is 0 Å². The minimum atomic E-state index is -0.368. The van der Waals surface area contributed by atoms with E-state index < -0.39 is 0 Å². The SMILES string of the molecule is [Cl][V][Cl].[Cr]. The van der Waals surface area contributed by atoms with Crippen LogP contribution in [0, 0.1) is 0 Å². The van der Waals surface area contributed by atoms with Gasteiger partial charge in [0.05, 0.1) is 0 Å². The maximum absolute atomic E-state index is 4.86. The zero-order chi connectivity index (χ0) is 2.71. The fourth-order valence-corrected chi connectivity index (χ4v) is 0. The van der Waals surface area contributed by atoms with Crippen LogP contribution in [0.25, 0.3) is 0 Å². The quantitative estimate of drug-likeness (QED) is 0.520. The normalized spacial score (nSPS) is 3.50. The molecular formula is Cl2CrV. The second kappa shape index (κ2) is 8.83. The van der Waals surface area contributed by atoms with Gasteiger partial charge in [0.2, 0.25) is 0 Å². The summed E-state index contributed by atoms with van der Waals surface area (Å²) in [5.74, 6) is 0. The van der Waals surface area contributed by atoms with E-state index in [-0.39, 0.29) is 31.7 Å². The molecule has 0 aliphatic heterocycles. The molecule has 0 aromatic heterocycles. The molecule has 0 aromatic rings. The fraction of sp³-hybridized carbons (Fsp3) is 0. The number of hydrogen-bond donors (Lipinski definition) is 0. The van der Waals surface area contributed by atoms with Crippen molar-refractivity contribution >= 4 is 19.7 Å². The minimum Gasteiger partial charge on any atom is 0 e. The summed E-state index contributed by atoms with van der Waals surface area (Å²) < 4.78 is 0. The molecule has 0 saturated heterocycles. The summed E-state index contributed by atoms with van der Waals surface area (Å²) in [4.78, 5) is 0. The minimum absolute atomic E-state index is 0. The van der Waals surface area contributed by atoms with Crippen LogP contribution >= 0.6 is 19.7 Å². The molecule has 0 saturated carbocycles. The Hall–Kier alpha value is 1.70. The maximum Gasteiger partial charge on any atom is 0 e. The van der Waals surface area contributed by atoms with Gasteiger partial charge in [0.25, 0.3) is 0 Å². The molecule has 0 rings (SSSR count). The Balaban J connectivity index is 0. The van der Waals surface area contributed by atoms with E-state index in [0.717, 1.165) is 0 Å². The second-order valence-corrected chi connectivity index (χ2v) is 2.37. The maximum atomic E-state index is 4.86. The van der Waals surface area contributed by atoms with Crippen LogP contribution in [0.5, 0.6) is 0 Å². The molecule has 0 aliphatic rings. The summed E-state index contributed by atoms with van der Waals surface area (Å²) in [7, 11) is 9.72. The Kier molecular flexibility index (Phi) is 20.3. The first-order chi connectivity index (χ1) is 1.41. The van der Waals surface area contributed by atoms with Crippen LogP contribution in [0.1, 0.15) is 0 Å². The molecule has 0 radical (unpaired) electrons. The van der Waals surface area contributed by atoms with Gasteiger partial charge in [-0.1, -0.05) is 0 Å². The molecule has 0 amide bonds. The molecule has 0 nitrogen and oxygen atoms in total. The Morgan fingerprint density at radius 2 is 1.25 bits per heavy atom. The van der Waals surface area contributed by atoms with E-state index in [9.17, 15) is 0 Å². The standard InChI is InChI=1S/2ClH.Cr.V/h2*1H;;/q;;;+2/p-2. The zero-order valence-corrected chi connectivity index (χ0v) is 5.79. The van der Waals surface area contributed by atoms with Crippen LogP contribution in [0.3, 0.4) is 0 Å². The molecule has 0 bridgehead atoms. The third-order valence-corrected chi connectivity index (χ3v) is 0. The van der Waals surface area contributed by atoms with Crippen molar-refractivity contribution in [1.82, 2.24) is 0 Å². The summed E-state index contributed by atoms with van der Waals surface area (Å²) in [6.07, 6.45) is 0. The van der Waals surface area contributed by atoms with E-state index in [2.05, 4.69) is 0 Å². The molecule has 0 aromatic carbocycles. The average Bonchev–Trinajstić information content (AvgIpc) is 0.918. The zero-order valence-electron chi connectivity index (χ0n) is 1.61. The van der Waals surface area contributed by atoms with Crippen LogP contribution in [-0.2, 0) is 31.7 Å². The molecule has 0 fully saturated rings. The molecule has 25 valence electrons. The number of hydrogen-bond acceptors (Lipinski definition) is 0. The van der Waals surface area contributed by atoms with Gasteiger partial charge in [-0.3, -0.25) is 0 Å². The Morgan fingerprint density at radius 3 is 1.25 bits per heavy atom. The number of rotatable bonds is 0. The van der Waals surface area contributed by atoms with E-state index >= 15 is 0 Å². The molecule has 4 heavy (non-hydrogen) atoms.